The molecule has 6 nitrogen and oxygen atoms in total. The molecule has 5 rings (SSSR count). The molecule has 2 heterocycles. The first kappa shape index (κ1) is 19.5. The Kier molecular flexibility index (Phi) is 5.03. The van der Waals surface area contributed by atoms with Crippen LogP contribution in [0.25, 0.3) is 0 Å². The number of carbonyl (C=O) groups is 2. The van der Waals surface area contributed by atoms with Gasteiger partial charge in [-0.2, -0.15) is 0 Å². The zero-order valence-electron chi connectivity index (χ0n) is 16.8. The lowest BCUT2D eigenvalue weighted by atomic mass is 10.1. The van der Waals surface area contributed by atoms with E-state index in [1.54, 1.807) is 11.0 Å². The van der Waals surface area contributed by atoms with E-state index in [-0.39, 0.29) is 11.1 Å². The Morgan fingerprint density at radius 2 is 1.39 bits per heavy atom. The average Bonchev–Trinajstić information content (AvgIpc) is 2.82. The highest BCUT2D eigenvalue weighted by atomic mass is 32.1. The quantitative estimate of drug-likeness (QED) is 0.584. The van der Waals surface area contributed by atoms with E-state index in [0.29, 0.717) is 43.2 Å². The zero-order valence-corrected chi connectivity index (χ0v) is 17.7. The lowest BCUT2D eigenvalue weighted by Crippen LogP contribution is -2.52. The predicted molar refractivity (Wildman–Crippen MR) is 124 cm³/mol. The fourth-order valence-electron chi connectivity index (χ4n) is 4.04. The highest BCUT2D eigenvalue weighted by molar-refractivity contribution is 7.97. The monoisotopic (exact) mass is 431 g/mol. The highest BCUT2D eigenvalue weighted by Gasteiger charge is 2.33. The molecular formula is C24H21N3O3S. The van der Waals surface area contributed by atoms with Crippen molar-refractivity contribution in [2.24, 2.45) is 0 Å². The fourth-order valence-corrected chi connectivity index (χ4v) is 4.18. The minimum atomic E-state index is -0.250. The molecular weight excluding hydrogens is 410 g/mol. The Labute approximate surface area is 186 Å². The Bertz CT molecular complexity index is 1110. The van der Waals surface area contributed by atoms with Crippen molar-refractivity contribution in [1.82, 2.24) is 4.90 Å². The van der Waals surface area contributed by atoms with Gasteiger partial charge in [0.1, 0.15) is 0 Å². The lowest BCUT2D eigenvalue weighted by Gasteiger charge is -2.40. The molecule has 156 valence electrons. The standard InChI is InChI=1S/C24H21N3O3S/c28-23(31)17-6-5-7-18(16-17)25-12-14-26(15-13-25)24(29)27-19-8-1-3-10-21(19)30-22-11-4-2-9-20(22)27/h1-11,16H,12-15H2,(H,28,31). The van der Waals surface area contributed by atoms with Crippen LogP contribution in [-0.4, -0.2) is 42.2 Å². The summed E-state index contributed by atoms with van der Waals surface area (Å²) in [7, 11) is 0. The molecule has 0 aliphatic carbocycles. The van der Waals surface area contributed by atoms with Crippen LogP contribution in [0, 0.1) is 0 Å². The normalized spacial score (nSPS) is 15.1. The van der Waals surface area contributed by atoms with Crippen molar-refractivity contribution in [1.29, 1.82) is 0 Å². The summed E-state index contributed by atoms with van der Waals surface area (Å²) in [6.07, 6.45) is 0. The van der Waals surface area contributed by atoms with Crippen molar-refractivity contribution in [3.63, 3.8) is 0 Å². The van der Waals surface area contributed by atoms with Gasteiger partial charge >= 0.3 is 6.03 Å². The van der Waals surface area contributed by atoms with Crippen molar-refractivity contribution >= 4 is 40.8 Å². The second-order valence-corrected chi connectivity index (χ2v) is 7.89. The van der Waals surface area contributed by atoms with Crippen LogP contribution >= 0.6 is 12.6 Å². The number of carbonyl (C=O) groups excluding carboxylic acids is 2. The number of fused-ring (bicyclic) bond motifs is 2. The van der Waals surface area contributed by atoms with Crippen molar-refractivity contribution in [2.75, 3.05) is 36.0 Å². The van der Waals surface area contributed by atoms with E-state index in [0.717, 1.165) is 17.1 Å². The Hall–Kier alpha value is -3.45. The number of rotatable bonds is 2. The first-order chi connectivity index (χ1) is 15.1. The minimum Gasteiger partial charge on any atom is -0.453 e. The van der Waals surface area contributed by atoms with E-state index in [2.05, 4.69) is 17.5 Å². The smallest absolute Gasteiger partial charge is 0.329 e. The van der Waals surface area contributed by atoms with E-state index < -0.39 is 0 Å². The number of hydrogen-bond donors (Lipinski definition) is 1. The third kappa shape index (κ3) is 3.61. The van der Waals surface area contributed by atoms with Crippen LogP contribution in [0.5, 0.6) is 11.5 Å². The van der Waals surface area contributed by atoms with Crippen LogP contribution in [0.4, 0.5) is 21.9 Å². The van der Waals surface area contributed by atoms with Crippen LogP contribution in [0.15, 0.2) is 72.8 Å². The molecule has 0 atom stereocenters. The van der Waals surface area contributed by atoms with Gasteiger partial charge < -0.3 is 14.5 Å². The lowest BCUT2D eigenvalue weighted by molar-refractivity contribution is 0.109. The minimum absolute atomic E-state index is 0.0675. The zero-order chi connectivity index (χ0) is 21.4. The van der Waals surface area contributed by atoms with Gasteiger partial charge in [0.25, 0.3) is 0 Å². The average molecular weight is 432 g/mol. The molecule has 0 radical (unpaired) electrons. The van der Waals surface area contributed by atoms with Crippen molar-refractivity contribution in [3.8, 4) is 11.5 Å². The number of amides is 2. The molecule has 0 saturated carbocycles. The molecule has 3 aromatic rings. The molecule has 0 N–H and O–H groups in total. The number of benzene rings is 3. The molecule has 2 aliphatic heterocycles. The van der Waals surface area contributed by atoms with E-state index >= 15 is 0 Å². The molecule has 0 spiro atoms. The van der Waals surface area contributed by atoms with E-state index in [1.807, 2.05) is 71.6 Å². The molecule has 2 aliphatic rings. The number of thiol groups is 1. The largest absolute Gasteiger partial charge is 0.453 e. The summed E-state index contributed by atoms with van der Waals surface area (Å²) >= 11 is 3.92. The Morgan fingerprint density at radius 3 is 2.00 bits per heavy atom. The number of ether oxygens (including phenoxy) is 1. The first-order valence-electron chi connectivity index (χ1n) is 10.1. The van der Waals surface area contributed by atoms with Gasteiger partial charge in [-0.15, -0.1) is 12.6 Å². The summed E-state index contributed by atoms with van der Waals surface area (Å²) in [4.78, 5) is 31.0. The predicted octanol–water partition coefficient (Wildman–Crippen LogP) is 4.94. The van der Waals surface area contributed by atoms with Crippen LogP contribution in [0.3, 0.4) is 0 Å². The molecule has 0 bridgehead atoms. The third-order valence-corrected chi connectivity index (χ3v) is 5.89. The number of anilines is 3. The molecule has 0 unspecified atom stereocenters. The molecule has 0 aromatic heterocycles. The fraction of sp³-hybridized carbons (Fsp3) is 0.167. The van der Waals surface area contributed by atoms with Gasteiger partial charge in [0, 0.05) is 37.4 Å². The van der Waals surface area contributed by atoms with E-state index in [1.165, 1.54) is 0 Å². The van der Waals surface area contributed by atoms with E-state index in [9.17, 15) is 9.59 Å². The third-order valence-electron chi connectivity index (χ3n) is 5.63. The SMILES string of the molecule is O=C(S)c1cccc(N2CCN(C(=O)N3c4ccccc4Oc4ccccc43)CC2)c1. The topological polar surface area (TPSA) is 53.1 Å². The molecule has 1 fully saturated rings. The van der Waals surface area contributed by atoms with Gasteiger partial charge in [0.05, 0.1) is 11.4 Å². The van der Waals surface area contributed by atoms with Crippen LogP contribution in [-0.2, 0) is 0 Å². The summed E-state index contributed by atoms with van der Waals surface area (Å²) in [5.74, 6) is 1.34. The van der Waals surface area contributed by atoms with E-state index in [4.69, 9.17) is 4.74 Å². The van der Waals surface area contributed by atoms with Crippen molar-refractivity contribution in [3.05, 3.63) is 78.4 Å². The maximum Gasteiger partial charge on any atom is 0.329 e. The molecule has 1 saturated heterocycles. The van der Waals surface area contributed by atoms with Crippen LogP contribution in [0.1, 0.15) is 10.4 Å². The van der Waals surface area contributed by atoms with Crippen LogP contribution < -0.4 is 14.5 Å². The number of piperazine rings is 1. The number of nitrogens with zero attached hydrogens (tertiary/aromatic N) is 3. The Morgan fingerprint density at radius 1 is 0.774 bits per heavy atom. The first-order valence-corrected chi connectivity index (χ1v) is 10.6. The van der Waals surface area contributed by atoms with Crippen molar-refractivity contribution < 1.29 is 14.3 Å². The van der Waals surface area contributed by atoms with Gasteiger partial charge in [-0.3, -0.25) is 9.69 Å². The maximum atomic E-state index is 13.6. The summed E-state index contributed by atoms with van der Waals surface area (Å²) in [5.41, 5.74) is 3.03. The molecule has 31 heavy (non-hydrogen) atoms. The van der Waals surface area contributed by atoms with Gasteiger partial charge in [0.2, 0.25) is 5.12 Å². The van der Waals surface area contributed by atoms with Gasteiger partial charge in [-0.1, -0.05) is 36.4 Å². The highest BCUT2D eigenvalue weighted by Crippen LogP contribution is 2.46. The summed E-state index contributed by atoms with van der Waals surface area (Å²) < 4.78 is 6.00. The molecule has 2 amide bonds. The molecule has 3 aromatic carbocycles. The summed E-state index contributed by atoms with van der Waals surface area (Å²) in [5, 5.41) is -0.250. The van der Waals surface area contributed by atoms with Gasteiger partial charge in [-0.25, -0.2) is 4.79 Å². The second kappa shape index (κ2) is 8.00. The maximum absolute atomic E-state index is 13.6. The number of para-hydroxylation sites is 4. The Balaban J connectivity index is 1.37. The summed E-state index contributed by atoms with van der Waals surface area (Å²) in [6, 6.07) is 22.5. The number of hydrogen-bond acceptors (Lipinski definition) is 4. The second-order valence-electron chi connectivity index (χ2n) is 7.49. The summed E-state index contributed by atoms with van der Waals surface area (Å²) in [6.45, 7) is 2.53. The van der Waals surface area contributed by atoms with Gasteiger partial charge in [0.15, 0.2) is 11.5 Å². The van der Waals surface area contributed by atoms with Gasteiger partial charge in [-0.05, 0) is 36.4 Å². The van der Waals surface area contributed by atoms with Crippen molar-refractivity contribution in [2.45, 2.75) is 0 Å². The molecule has 7 heteroatoms. The van der Waals surface area contributed by atoms with Crippen LogP contribution in [0.2, 0.25) is 0 Å². The number of urea groups is 1.